The van der Waals surface area contributed by atoms with E-state index in [1.165, 1.54) is 96.9 Å². The second-order valence-electron chi connectivity index (χ2n) is 11.6. The third-order valence-corrected chi connectivity index (χ3v) is 8.99. The molecule has 2 saturated carbocycles. The first kappa shape index (κ1) is 24.0. The number of rotatable bonds is 10. The molecule has 3 nitrogen and oxygen atoms in total. The molecule has 0 bridgehead atoms. The summed E-state index contributed by atoms with van der Waals surface area (Å²) >= 11 is 6.29. The summed E-state index contributed by atoms with van der Waals surface area (Å²) in [5, 5.41) is 8.28. The Balaban J connectivity index is 1.17. The molecule has 0 aromatic heterocycles. The van der Waals surface area contributed by atoms with Crippen LogP contribution in [0.25, 0.3) is 0 Å². The van der Waals surface area contributed by atoms with Gasteiger partial charge in [-0.25, -0.2) is 0 Å². The van der Waals surface area contributed by atoms with Crippen molar-refractivity contribution in [3.8, 4) is 0 Å². The highest BCUT2D eigenvalue weighted by Gasteiger charge is 2.28. The molecule has 4 aliphatic rings. The third-order valence-electron chi connectivity index (χ3n) is 8.60. The largest absolute Gasteiger partial charge is 0.314 e. The number of alkyl halides is 1. The highest BCUT2D eigenvalue weighted by Crippen LogP contribution is 2.33. The highest BCUT2D eigenvalue weighted by molar-refractivity contribution is 6.20. The van der Waals surface area contributed by atoms with Crippen LogP contribution in [0.5, 0.6) is 0 Å². The minimum absolute atomic E-state index is 0.384. The van der Waals surface area contributed by atoms with Crippen molar-refractivity contribution in [2.24, 2.45) is 23.7 Å². The molecule has 3 aliphatic carbocycles. The van der Waals surface area contributed by atoms with Gasteiger partial charge in [0, 0.05) is 24.0 Å². The lowest BCUT2D eigenvalue weighted by molar-refractivity contribution is 0.159. The van der Waals surface area contributed by atoms with E-state index in [0.717, 1.165) is 30.2 Å². The van der Waals surface area contributed by atoms with Crippen molar-refractivity contribution in [2.75, 3.05) is 32.7 Å². The number of nitrogens with one attached hydrogen (secondary N) is 2. The van der Waals surface area contributed by atoms with E-state index >= 15 is 0 Å². The van der Waals surface area contributed by atoms with Crippen LogP contribution in [0.1, 0.15) is 84.5 Å². The van der Waals surface area contributed by atoms with Crippen molar-refractivity contribution in [2.45, 2.75) is 102 Å². The van der Waals surface area contributed by atoms with Crippen LogP contribution in [-0.4, -0.2) is 55.1 Å². The predicted octanol–water partition coefficient (Wildman–Crippen LogP) is 5.59. The Hall–Kier alpha value is -0.0900. The first-order valence-corrected chi connectivity index (χ1v) is 14.0. The highest BCUT2D eigenvalue weighted by atomic mass is 35.5. The molecule has 0 amide bonds. The van der Waals surface area contributed by atoms with Crippen molar-refractivity contribution >= 4 is 11.6 Å². The fourth-order valence-electron chi connectivity index (χ4n) is 6.10. The summed E-state index contributed by atoms with van der Waals surface area (Å²) in [6.07, 6.45) is 17.2. The summed E-state index contributed by atoms with van der Waals surface area (Å²) in [6.45, 7) is 11.1. The molecule has 3 fully saturated rings. The molecule has 178 valence electrons. The van der Waals surface area contributed by atoms with Gasteiger partial charge in [0.2, 0.25) is 0 Å². The Morgan fingerprint density at radius 2 is 1.81 bits per heavy atom. The smallest absolute Gasteiger partial charge is 0.0373 e. The van der Waals surface area contributed by atoms with Crippen molar-refractivity contribution < 1.29 is 0 Å². The number of piperidine rings is 1. The number of hydrogen-bond donors (Lipinski definition) is 2. The second kappa shape index (κ2) is 11.9. The van der Waals surface area contributed by atoms with Crippen LogP contribution in [0, 0.1) is 23.7 Å². The normalized spacial score (nSPS) is 32.3. The lowest BCUT2D eigenvalue weighted by atomic mass is 9.83. The van der Waals surface area contributed by atoms with Gasteiger partial charge in [0.1, 0.15) is 0 Å². The zero-order valence-corrected chi connectivity index (χ0v) is 21.0. The fraction of sp³-hybridized carbons (Fsp3) is 0.926. The van der Waals surface area contributed by atoms with Crippen LogP contribution in [-0.2, 0) is 0 Å². The van der Waals surface area contributed by atoms with Gasteiger partial charge in [0.25, 0.3) is 0 Å². The van der Waals surface area contributed by atoms with Gasteiger partial charge in [-0.1, -0.05) is 31.9 Å². The molecular weight excluding hydrogens is 402 g/mol. The van der Waals surface area contributed by atoms with E-state index in [9.17, 15) is 0 Å². The maximum absolute atomic E-state index is 6.29. The number of allylic oxidation sites excluding steroid dienone is 2. The fourth-order valence-corrected chi connectivity index (χ4v) is 6.30. The van der Waals surface area contributed by atoms with Crippen LogP contribution < -0.4 is 10.6 Å². The third kappa shape index (κ3) is 7.73. The number of halogens is 1. The van der Waals surface area contributed by atoms with Gasteiger partial charge < -0.3 is 15.5 Å². The Morgan fingerprint density at radius 3 is 2.48 bits per heavy atom. The summed E-state index contributed by atoms with van der Waals surface area (Å²) < 4.78 is 0. The summed E-state index contributed by atoms with van der Waals surface area (Å²) in [7, 11) is 0. The average Bonchev–Trinajstić information content (AvgIpc) is 3.61. The number of nitrogens with zero attached hydrogens (tertiary/aromatic N) is 1. The molecule has 1 aliphatic heterocycles. The van der Waals surface area contributed by atoms with Gasteiger partial charge in [0.05, 0.1) is 0 Å². The lowest BCUT2D eigenvalue weighted by Crippen LogP contribution is -2.48. The molecule has 4 atom stereocenters. The van der Waals surface area contributed by atoms with E-state index in [4.69, 9.17) is 11.6 Å². The van der Waals surface area contributed by atoms with Crippen molar-refractivity contribution in [3.05, 3.63) is 11.6 Å². The van der Waals surface area contributed by atoms with E-state index in [-0.39, 0.29) is 0 Å². The Labute approximate surface area is 197 Å². The Morgan fingerprint density at radius 1 is 1.00 bits per heavy atom. The van der Waals surface area contributed by atoms with Crippen LogP contribution in [0.15, 0.2) is 11.6 Å². The predicted molar refractivity (Wildman–Crippen MR) is 134 cm³/mol. The van der Waals surface area contributed by atoms with Crippen LogP contribution in [0.3, 0.4) is 0 Å². The van der Waals surface area contributed by atoms with E-state index in [1.54, 1.807) is 5.57 Å². The molecule has 2 N–H and O–H groups in total. The van der Waals surface area contributed by atoms with E-state index in [2.05, 4.69) is 35.5 Å². The molecule has 3 unspecified atom stereocenters. The monoisotopic (exact) mass is 449 g/mol. The van der Waals surface area contributed by atoms with Gasteiger partial charge in [0.15, 0.2) is 0 Å². The van der Waals surface area contributed by atoms with E-state index in [1.807, 2.05) is 0 Å². The molecule has 0 aromatic rings. The van der Waals surface area contributed by atoms with Gasteiger partial charge in [-0.15, -0.1) is 11.6 Å². The summed E-state index contributed by atoms with van der Waals surface area (Å²) in [5.41, 5.74) is 1.72. The molecular formula is C27H48ClN3. The standard InChI is InChI=1S/C27H48ClN3/c1-20(2)27(30-18-22-4-3-5-26(16-22)29-17-21-6-7-21)19-31-14-12-24(13-15-31)23-8-10-25(28)11-9-23/h8,20-22,24-27,29-30H,3-7,9-19H2,1-2H3/t22?,25?,26?,27-/m0/s1. The zero-order chi connectivity index (χ0) is 21.6. The van der Waals surface area contributed by atoms with Crippen molar-refractivity contribution in [1.82, 2.24) is 15.5 Å². The molecule has 1 heterocycles. The first-order chi connectivity index (χ1) is 15.1. The van der Waals surface area contributed by atoms with Crippen LogP contribution in [0.4, 0.5) is 0 Å². The maximum Gasteiger partial charge on any atom is 0.0373 e. The second-order valence-corrected chi connectivity index (χ2v) is 12.2. The van der Waals surface area contributed by atoms with Crippen LogP contribution >= 0.6 is 11.6 Å². The summed E-state index contributed by atoms with van der Waals surface area (Å²) in [5.74, 6) is 3.39. The Bertz CT molecular complexity index is 565. The molecule has 31 heavy (non-hydrogen) atoms. The molecule has 1 saturated heterocycles. The summed E-state index contributed by atoms with van der Waals surface area (Å²) in [4.78, 5) is 2.74. The van der Waals surface area contributed by atoms with E-state index in [0.29, 0.717) is 17.3 Å². The molecule has 0 radical (unpaired) electrons. The van der Waals surface area contributed by atoms with Crippen molar-refractivity contribution in [3.63, 3.8) is 0 Å². The SMILES string of the molecule is CC(C)[C@H](CN1CCC(C2=CCC(Cl)CC2)CC1)NCC1CCCC(NCC2CC2)C1. The van der Waals surface area contributed by atoms with Gasteiger partial charge in [-0.05, 0) is 114 Å². The first-order valence-electron chi connectivity index (χ1n) is 13.6. The quantitative estimate of drug-likeness (QED) is 0.336. The molecule has 0 spiro atoms. The van der Waals surface area contributed by atoms with E-state index < -0.39 is 0 Å². The average molecular weight is 450 g/mol. The van der Waals surface area contributed by atoms with Crippen molar-refractivity contribution in [1.29, 1.82) is 0 Å². The molecule has 0 aromatic carbocycles. The minimum atomic E-state index is 0.384. The molecule has 4 heteroatoms. The number of hydrogen-bond acceptors (Lipinski definition) is 3. The topological polar surface area (TPSA) is 27.3 Å². The minimum Gasteiger partial charge on any atom is -0.314 e. The molecule has 4 rings (SSSR count). The van der Waals surface area contributed by atoms with Gasteiger partial charge >= 0.3 is 0 Å². The summed E-state index contributed by atoms with van der Waals surface area (Å²) in [6, 6.07) is 1.41. The number of likely N-dealkylation sites (tertiary alicyclic amines) is 1. The van der Waals surface area contributed by atoms with Gasteiger partial charge in [-0.2, -0.15) is 0 Å². The maximum atomic E-state index is 6.29. The van der Waals surface area contributed by atoms with Gasteiger partial charge in [-0.3, -0.25) is 0 Å². The lowest BCUT2D eigenvalue weighted by Gasteiger charge is -2.38. The zero-order valence-electron chi connectivity index (χ0n) is 20.3. The Kier molecular flexibility index (Phi) is 9.20. The van der Waals surface area contributed by atoms with Crippen LogP contribution in [0.2, 0.25) is 0 Å².